The van der Waals surface area contributed by atoms with Crippen LogP contribution in [-0.2, 0) is 0 Å². The molecule has 9 heteroatoms. The van der Waals surface area contributed by atoms with Crippen LogP contribution in [-0.4, -0.2) is 31.0 Å². The molecule has 0 aliphatic heterocycles. The molecular weight excluding hydrogens is 490 g/mol. The summed E-state index contributed by atoms with van der Waals surface area (Å²) in [5.41, 5.74) is 4.40. The zero-order valence-electron chi connectivity index (χ0n) is 19.6. The molecule has 0 spiro atoms. The predicted molar refractivity (Wildman–Crippen MR) is 144 cm³/mol. The van der Waals surface area contributed by atoms with E-state index < -0.39 is 0 Å². The van der Waals surface area contributed by atoms with Gasteiger partial charge in [-0.15, -0.1) is 16.4 Å². The fraction of sp³-hybridized carbons (Fsp3) is 0.111. The first-order chi connectivity index (χ1) is 17.6. The van der Waals surface area contributed by atoms with E-state index in [-0.39, 0.29) is 5.56 Å². The Morgan fingerprint density at radius 1 is 1.06 bits per heavy atom. The van der Waals surface area contributed by atoms with Crippen molar-refractivity contribution in [2.75, 3.05) is 6.61 Å². The molecule has 0 atom stereocenters. The highest BCUT2D eigenvalue weighted by Crippen LogP contribution is 2.30. The van der Waals surface area contributed by atoms with Crippen molar-refractivity contribution in [2.45, 2.75) is 13.8 Å². The summed E-state index contributed by atoms with van der Waals surface area (Å²) in [4.78, 5) is 19.3. The number of thiazole rings is 1. The normalized spacial score (nSPS) is 12.0. The molecule has 0 unspecified atom stereocenters. The van der Waals surface area contributed by atoms with Gasteiger partial charge >= 0.3 is 0 Å². The van der Waals surface area contributed by atoms with E-state index in [0.717, 1.165) is 38.7 Å². The number of benzene rings is 2. The first-order valence-electron chi connectivity index (χ1n) is 11.4. The summed E-state index contributed by atoms with van der Waals surface area (Å²) >= 11 is 2.88. The van der Waals surface area contributed by atoms with E-state index in [1.165, 1.54) is 15.9 Å². The van der Waals surface area contributed by atoms with E-state index in [0.29, 0.717) is 21.9 Å². The third-order valence-electron chi connectivity index (χ3n) is 5.74. The summed E-state index contributed by atoms with van der Waals surface area (Å²) in [5.74, 6) is 1.39. The number of thiophene rings is 1. The minimum Gasteiger partial charge on any atom is -0.494 e. The summed E-state index contributed by atoms with van der Waals surface area (Å²) in [5, 5.41) is 11.3. The molecule has 0 fully saturated rings. The predicted octanol–water partition coefficient (Wildman–Crippen LogP) is 4.99. The number of ether oxygens (including phenoxy) is 1. The highest BCUT2D eigenvalue weighted by Gasteiger charge is 2.16. The molecule has 0 saturated heterocycles. The van der Waals surface area contributed by atoms with Crippen molar-refractivity contribution in [3.63, 3.8) is 0 Å². The number of rotatable bonds is 6. The van der Waals surface area contributed by atoms with Gasteiger partial charge in [-0.3, -0.25) is 4.79 Å². The van der Waals surface area contributed by atoms with Gasteiger partial charge in [0.2, 0.25) is 4.96 Å². The molecular formula is C27H21N5O2S2. The molecule has 0 saturated carbocycles. The second kappa shape index (κ2) is 9.18. The Balaban J connectivity index is 1.50. The Morgan fingerprint density at radius 2 is 1.92 bits per heavy atom. The Hall–Kier alpha value is -4.08. The maximum Gasteiger partial charge on any atom is 0.291 e. The monoisotopic (exact) mass is 511 g/mol. The van der Waals surface area contributed by atoms with Crippen LogP contribution in [0.4, 0.5) is 0 Å². The minimum absolute atomic E-state index is 0.188. The van der Waals surface area contributed by atoms with Crippen molar-refractivity contribution in [1.82, 2.24) is 24.4 Å². The molecule has 6 aromatic rings. The van der Waals surface area contributed by atoms with E-state index in [2.05, 4.69) is 10.1 Å². The molecule has 0 aliphatic carbocycles. The molecule has 0 amide bonds. The van der Waals surface area contributed by atoms with Gasteiger partial charge in [-0.05, 0) is 67.3 Å². The third-order valence-corrected chi connectivity index (χ3v) is 7.56. The van der Waals surface area contributed by atoms with Crippen LogP contribution in [0.3, 0.4) is 0 Å². The second-order valence-corrected chi connectivity index (χ2v) is 10.1. The lowest BCUT2D eigenvalue weighted by molar-refractivity contribution is 0.340. The molecule has 0 bridgehead atoms. The SMILES string of the molecule is CCOc1ccc(-c2nn(-c3ccccc3)cc2C=c2sc3nc(-c4cccs4)nn3c2=O)c(C)c1. The molecule has 0 radical (unpaired) electrons. The molecule has 4 aromatic heterocycles. The number of para-hydroxylation sites is 1. The maximum absolute atomic E-state index is 13.2. The molecule has 36 heavy (non-hydrogen) atoms. The van der Waals surface area contributed by atoms with Crippen molar-refractivity contribution in [3.05, 3.63) is 98.3 Å². The van der Waals surface area contributed by atoms with E-state index >= 15 is 0 Å². The first-order valence-corrected chi connectivity index (χ1v) is 13.1. The van der Waals surface area contributed by atoms with Crippen molar-refractivity contribution < 1.29 is 4.74 Å². The highest BCUT2D eigenvalue weighted by atomic mass is 32.1. The van der Waals surface area contributed by atoms with Gasteiger partial charge in [0.15, 0.2) is 5.82 Å². The van der Waals surface area contributed by atoms with Crippen molar-refractivity contribution in [3.8, 4) is 33.4 Å². The topological polar surface area (TPSA) is 74.3 Å². The summed E-state index contributed by atoms with van der Waals surface area (Å²) < 4.78 is 9.45. The van der Waals surface area contributed by atoms with Crippen molar-refractivity contribution in [1.29, 1.82) is 0 Å². The first kappa shape index (κ1) is 22.4. The number of aromatic nitrogens is 5. The lowest BCUT2D eigenvalue weighted by Crippen LogP contribution is -2.23. The molecule has 178 valence electrons. The average Bonchev–Trinajstić information content (AvgIpc) is 3.67. The zero-order valence-corrected chi connectivity index (χ0v) is 21.2. The van der Waals surface area contributed by atoms with Gasteiger partial charge in [0, 0.05) is 17.3 Å². The fourth-order valence-electron chi connectivity index (χ4n) is 4.06. The van der Waals surface area contributed by atoms with Gasteiger partial charge in [-0.2, -0.15) is 14.6 Å². The zero-order chi connectivity index (χ0) is 24.6. The largest absolute Gasteiger partial charge is 0.494 e. The van der Waals surface area contributed by atoms with Crippen LogP contribution >= 0.6 is 22.7 Å². The van der Waals surface area contributed by atoms with Gasteiger partial charge in [-0.25, -0.2) is 4.68 Å². The smallest absolute Gasteiger partial charge is 0.291 e. The molecule has 6 rings (SSSR count). The molecule has 2 aromatic carbocycles. The van der Waals surface area contributed by atoms with Crippen LogP contribution in [0.2, 0.25) is 0 Å². The van der Waals surface area contributed by atoms with Crippen LogP contribution in [0.25, 0.3) is 38.7 Å². The number of nitrogens with zero attached hydrogens (tertiary/aromatic N) is 5. The Labute approximate surface area is 214 Å². The Kier molecular flexibility index (Phi) is 5.71. The lowest BCUT2D eigenvalue weighted by atomic mass is 10.0. The number of hydrogen-bond acceptors (Lipinski definition) is 7. The number of hydrogen-bond donors (Lipinski definition) is 0. The van der Waals surface area contributed by atoms with Crippen LogP contribution in [0, 0.1) is 6.92 Å². The summed E-state index contributed by atoms with van der Waals surface area (Å²) in [6.45, 7) is 4.61. The fourth-order valence-corrected chi connectivity index (χ4v) is 5.61. The van der Waals surface area contributed by atoms with E-state index in [1.54, 1.807) is 11.3 Å². The van der Waals surface area contributed by atoms with Crippen molar-refractivity contribution >= 4 is 33.7 Å². The van der Waals surface area contributed by atoms with Crippen LogP contribution in [0.5, 0.6) is 5.75 Å². The third kappa shape index (κ3) is 4.02. The lowest BCUT2D eigenvalue weighted by Gasteiger charge is -2.08. The summed E-state index contributed by atoms with van der Waals surface area (Å²) in [7, 11) is 0. The maximum atomic E-state index is 13.2. The van der Waals surface area contributed by atoms with Gasteiger partial charge in [0.1, 0.15) is 11.4 Å². The summed E-state index contributed by atoms with van der Waals surface area (Å²) in [6.07, 6.45) is 3.83. The minimum atomic E-state index is -0.188. The Morgan fingerprint density at radius 3 is 2.64 bits per heavy atom. The van der Waals surface area contributed by atoms with Crippen LogP contribution in [0.1, 0.15) is 18.1 Å². The van der Waals surface area contributed by atoms with Crippen molar-refractivity contribution in [2.24, 2.45) is 0 Å². The molecule has 0 aliphatic rings. The number of aryl methyl sites for hydroxylation is 1. The number of fused-ring (bicyclic) bond motifs is 1. The molecule has 0 N–H and O–H groups in total. The van der Waals surface area contributed by atoms with E-state index in [9.17, 15) is 4.79 Å². The second-order valence-electron chi connectivity index (χ2n) is 8.15. The molecule has 7 nitrogen and oxygen atoms in total. The van der Waals surface area contributed by atoms with Gasteiger partial charge in [0.25, 0.3) is 5.56 Å². The highest BCUT2D eigenvalue weighted by molar-refractivity contribution is 7.15. The molecule has 4 heterocycles. The average molecular weight is 512 g/mol. The van der Waals surface area contributed by atoms with E-state index in [1.807, 2.05) is 96.8 Å². The quantitative estimate of drug-likeness (QED) is 0.315. The standard InChI is InChI=1S/C27H21N5O2S2/c1-3-34-20-11-12-21(17(2)14-20)24-18(16-31(29-24)19-8-5-4-6-9-19)15-23-26(33)32-27(36-23)28-25(30-32)22-10-7-13-35-22/h4-16H,3H2,1-2H3. The summed E-state index contributed by atoms with van der Waals surface area (Å²) in [6, 6.07) is 19.8. The van der Waals surface area contributed by atoms with Crippen LogP contribution in [0.15, 0.2) is 77.0 Å². The van der Waals surface area contributed by atoms with Gasteiger partial charge < -0.3 is 4.74 Å². The van der Waals surface area contributed by atoms with E-state index in [4.69, 9.17) is 9.84 Å². The van der Waals surface area contributed by atoms with Gasteiger partial charge in [-0.1, -0.05) is 35.6 Å². The van der Waals surface area contributed by atoms with Crippen LogP contribution < -0.4 is 14.8 Å². The van der Waals surface area contributed by atoms with Gasteiger partial charge in [0.05, 0.1) is 21.7 Å². The Bertz CT molecular complexity index is 1780.